The third-order valence-corrected chi connectivity index (χ3v) is 3.51. The Bertz CT molecular complexity index is 746. The Balaban J connectivity index is 2.06. The van der Waals surface area contributed by atoms with Gasteiger partial charge in [0.25, 0.3) is 5.69 Å². The minimum absolute atomic E-state index is 0.0322. The molecule has 7 heteroatoms. The molecule has 7 nitrogen and oxygen atoms in total. The normalized spacial score (nSPS) is 10.1. The zero-order valence-electron chi connectivity index (χ0n) is 13.5. The van der Waals surface area contributed by atoms with Crippen molar-refractivity contribution in [2.75, 3.05) is 24.3 Å². The van der Waals surface area contributed by atoms with Crippen molar-refractivity contribution in [3.63, 3.8) is 0 Å². The number of ether oxygens (including phenoxy) is 1. The summed E-state index contributed by atoms with van der Waals surface area (Å²) in [6.45, 7) is 1.98. The smallest absolute Gasteiger partial charge is 0.271 e. The van der Waals surface area contributed by atoms with Gasteiger partial charge in [0.05, 0.1) is 24.3 Å². The maximum Gasteiger partial charge on any atom is 0.271 e. The molecule has 0 aliphatic carbocycles. The van der Waals surface area contributed by atoms with Crippen LogP contribution in [0.3, 0.4) is 0 Å². The number of rotatable bonds is 7. The minimum atomic E-state index is -0.498. The van der Waals surface area contributed by atoms with Gasteiger partial charge in [-0.15, -0.1) is 0 Å². The van der Waals surface area contributed by atoms with E-state index < -0.39 is 4.92 Å². The zero-order chi connectivity index (χ0) is 17.5. The zero-order valence-corrected chi connectivity index (χ0v) is 13.5. The molecule has 0 saturated carbocycles. The summed E-state index contributed by atoms with van der Waals surface area (Å²) in [5.41, 5.74) is 2.12. The maximum absolute atomic E-state index is 12.1. The van der Waals surface area contributed by atoms with Crippen molar-refractivity contribution < 1.29 is 14.5 Å². The lowest BCUT2D eigenvalue weighted by atomic mass is 10.1. The average molecular weight is 329 g/mol. The van der Waals surface area contributed by atoms with E-state index in [-0.39, 0.29) is 18.1 Å². The maximum atomic E-state index is 12.1. The van der Waals surface area contributed by atoms with Crippen molar-refractivity contribution in [3.05, 3.63) is 58.1 Å². The van der Waals surface area contributed by atoms with Crippen molar-refractivity contribution in [1.29, 1.82) is 0 Å². The second kappa shape index (κ2) is 7.96. The SMILES string of the molecule is CCc1ccccc1NC(=O)CNc1cc([N+](=O)[O-])ccc1OC. The summed E-state index contributed by atoms with van der Waals surface area (Å²) in [6.07, 6.45) is 0.808. The van der Waals surface area contributed by atoms with Crippen LogP contribution in [-0.2, 0) is 11.2 Å². The predicted molar refractivity (Wildman–Crippen MR) is 92.6 cm³/mol. The summed E-state index contributed by atoms with van der Waals surface area (Å²) >= 11 is 0. The van der Waals surface area contributed by atoms with Gasteiger partial charge in [-0.25, -0.2) is 0 Å². The molecule has 0 aromatic heterocycles. The number of para-hydroxylation sites is 1. The van der Waals surface area contributed by atoms with Crippen molar-refractivity contribution in [2.45, 2.75) is 13.3 Å². The van der Waals surface area contributed by atoms with Crippen molar-refractivity contribution in [3.8, 4) is 5.75 Å². The minimum Gasteiger partial charge on any atom is -0.495 e. The quantitative estimate of drug-likeness (QED) is 0.601. The lowest BCUT2D eigenvalue weighted by Crippen LogP contribution is -2.22. The van der Waals surface area contributed by atoms with Gasteiger partial charge in [-0.05, 0) is 24.1 Å². The van der Waals surface area contributed by atoms with Gasteiger partial charge in [0.15, 0.2) is 0 Å². The number of aryl methyl sites for hydroxylation is 1. The van der Waals surface area contributed by atoms with Crippen LogP contribution in [0, 0.1) is 10.1 Å². The largest absolute Gasteiger partial charge is 0.495 e. The molecule has 2 aromatic rings. The van der Waals surface area contributed by atoms with Gasteiger partial charge >= 0.3 is 0 Å². The lowest BCUT2D eigenvalue weighted by molar-refractivity contribution is -0.384. The molecule has 0 radical (unpaired) electrons. The van der Waals surface area contributed by atoms with Crippen LogP contribution in [0.4, 0.5) is 17.1 Å². The molecule has 2 N–H and O–H groups in total. The molecule has 0 saturated heterocycles. The van der Waals surface area contributed by atoms with Gasteiger partial charge in [0.1, 0.15) is 5.75 Å². The van der Waals surface area contributed by atoms with E-state index in [0.29, 0.717) is 11.4 Å². The van der Waals surface area contributed by atoms with Crippen LogP contribution >= 0.6 is 0 Å². The summed E-state index contributed by atoms with van der Waals surface area (Å²) < 4.78 is 5.15. The molecule has 0 fully saturated rings. The standard InChI is InChI=1S/C17H19N3O4/c1-3-12-6-4-5-7-14(12)19-17(21)11-18-15-10-13(20(22)23)8-9-16(15)24-2/h4-10,18H,3,11H2,1-2H3,(H,19,21). The number of nitrogens with one attached hydrogen (secondary N) is 2. The van der Waals surface area contributed by atoms with Crippen molar-refractivity contribution in [1.82, 2.24) is 0 Å². The summed E-state index contributed by atoms with van der Waals surface area (Å²) in [5, 5.41) is 16.6. The Kier molecular flexibility index (Phi) is 5.73. The molecule has 0 atom stereocenters. The Morgan fingerprint density at radius 1 is 1.21 bits per heavy atom. The first-order valence-corrected chi connectivity index (χ1v) is 7.49. The van der Waals surface area contributed by atoms with Crippen LogP contribution in [0.25, 0.3) is 0 Å². The number of hydrogen-bond acceptors (Lipinski definition) is 5. The van der Waals surface area contributed by atoms with Crippen LogP contribution < -0.4 is 15.4 Å². The second-order valence-electron chi connectivity index (χ2n) is 5.05. The van der Waals surface area contributed by atoms with E-state index >= 15 is 0 Å². The molecule has 1 amide bonds. The van der Waals surface area contributed by atoms with E-state index in [1.807, 2.05) is 31.2 Å². The van der Waals surface area contributed by atoms with Crippen LogP contribution in [0.5, 0.6) is 5.75 Å². The predicted octanol–water partition coefficient (Wildman–Crippen LogP) is 3.22. The first kappa shape index (κ1) is 17.3. The fourth-order valence-electron chi connectivity index (χ4n) is 2.27. The molecule has 0 aliphatic heterocycles. The number of methoxy groups -OCH3 is 1. The molecular weight excluding hydrogens is 310 g/mol. The summed E-state index contributed by atoms with van der Waals surface area (Å²) in [4.78, 5) is 22.5. The Labute approximate surface area is 139 Å². The number of benzene rings is 2. The van der Waals surface area contributed by atoms with E-state index in [1.165, 1.54) is 25.3 Å². The van der Waals surface area contributed by atoms with Crippen LogP contribution in [0.15, 0.2) is 42.5 Å². The number of carbonyl (C=O) groups is 1. The average Bonchev–Trinajstić information content (AvgIpc) is 2.60. The van der Waals surface area contributed by atoms with E-state index in [1.54, 1.807) is 0 Å². The van der Waals surface area contributed by atoms with E-state index in [2.05, 4.69) is 10.6 Å². The number of nitro groups is 1. The first-order valence-electron chi connectivity index (χ1n) is 7.49. The summed E-state index contributed by atoms with van der Waals surface area (Å²) in [5.74, 6) is 0.187. The molecule has 0 spiro atoms. The molecule has 0 unspecified atom stereocenters. The first-order chi connectivity index (χ1) is 11.5. The molecule has 0 bridgehead atoms. The summed E-state index contributed by atoms with van der Waals surface area (Å²) in [6, 6.07) is 11.7. The van der Waals surface area contributed by atoms with Gasteiger partial charge in [-0.3, -0.25) is 14.9 Å². The number of carbonyl (C=O) groups excluding carboxylic acids is 1. The van der Waals surface area contributed by atoms with E-state index in [9.17, 15) is 14.9 Å². The Morgan fingerprint density at radius 3 is 2.62 bits per heavy atom. The van der Waals surface area contributed by atoms with E-state index in [0.717, 1.165) is 17.7 Å². The topological polar surface area (TPSA) is 93.5 Å². The molecule has 126 valence electrons. The van der Waals surface area contributed by atoms with Gasteiger partial charge < -0.3 is 15.4 Å². The highest BCUT2D eigenvalue weighted by atomic mass is 16.6. The highest BCUT2D eigenvalue weighted by molar-refractivity contribution is 5.94. The molecule has 24 heavy (non-hydrogen) atoms. The second-order valence-corrected chi connectivity index (χ2v) is 5.05. The van der Waals surface area contributed by atoms with Crippen LogP contribution in [-0.4, -0.2) is 24.5 Å². The number of hydrogen-bond donors (Lipinski definition) is 2. The lowest BCUT2D eigenvalue weighted by Gasteiger charge is -2.12. The van der Waals surface area contributed by atoms with E-state index in [4.69, 9.17) is 4.74 Å². The van der Waals surface area contributed by atoms with Crippen molar-refractivity contribution >= 4 is 23.0 Å². The van der Waals surface area contributed by atoms with Gasteiger partial charge in [0.2, 0.25) is 5.91 Å². The van der Waals surface area contributed by atoms with Gasteiger partial charge in [-0.1, -0.05) is 25.1 Å². The van der Waals surface area contributed by atoms with Crippen molar-refractivity contribution in [2.24, 2.45) is 0 Å². The highest BCUT2D eigenvalue weighted by Gasteiger charge is 2.12. The van der Waals surface area contributed by atoms with Gasteiger partial charge in [0, 0.05) is 17.8 Å². The monoisotopic (exact) mass is 329 g/mol. The Morgan fingerprint density at radius 2 is 1.96 bits per heavy atom. The van der Waals surface area contributed by atoms with Crippen LogP contribution in [0.2, 0.25) is 0 Å². The molecule has 0 heterocycles. The molecule has 2 aromatic carbocycles. The Hall–Kier alpha value is -3.09. The molecule has 2 rings (SSSR count). The number of nitrogens with zero attached hydrogens (tertiary/aromatic N) is 1. The highest BCUT2D eigenvalue weighted by Crippen LogP contribution is 2.28. The fraction of sp³-hybridized carbons (Fsp3) is 0.235. The van der Waals surface area contributed by atoms with Crippen LogP contribution in [0.1, 0.15) is 12.5 Å². The number of anilines is 2. The fourth-order valence-corrected chi connectivity index (χ4v) is 2.27. The number of non-ortho nitro benzene ring substituents is 1. The number of nitro benzene ring substituents is 1. The third-order valence-electron chi connectivity index (χ3n) is 3.51. The van der Waals surface area contributed by atoms with Gasteiger partial charge in [-0.2, -0.15) is 0 Å². The summed E-state index contributed by atoms with van der Waals surface area (Å²) in [7, 11) is 1.46. The number of amides is 1. The third kappa shape index (κ3) is 4.22. The molecule has 0 aliphatic rings. The molecular formula is C17H19N3O4.